The largest absolute Gasteiger partial charge is 0.352 e. The van der Waals surface area contributed by atoms with Gasteiger partial charge in [-0.3, -0.25) is 4.99 Å². The number of guanidine groups is 1. The van der Waals surface area contributed by atoms with Gasteiger partial charge in [-0.25, -0.2) is 4.39 Å². The van der Waals surface area contributed by atoms with Gasteiger partial charge < -0.3 is 10.6 Å². The molecule has 0 aliphatic rings. The molecule has 0 fully saturated rings. The lowest BCUT2D eigenvalue weighted by atomic mass is 10.1. The summed E-state index contributed by atoms with van der Waals surface area (Å²) in [5, 5.41) is 6.47. The molecule has 0 radical (unpaired) electrons. The van der Waals surface area contributed by atoms with Crippen molar-refractivity contribution in [3.05, 3.63) is 71.0 Å². The van der Waals surface area contributed by atoms with Gasteiger partial charge in [0, 0.05) is 20.1 Å². The van der Waals surface area contributed by atoms with E-state index in [1.807, 2.05) is 6.07 Å². The van der Waals surface area contributed by atoms with E-state index < -0.39 is 0 Å². The molecule has 0 bridgehead atoms. The maximum atomic E-state index is 12.8. The normalized spacial score (nSPS) is 11.3. The molecule has 2 aromatic rings. The van der Waals surface area contributed by atoms with Crippen LogP contribution in [0.1, 0.15) is 16.7 Å². The van der Waals surface area contributed by atoms with E-state index in [4.69, 9.17) is 0 Å². The molecule has 0 aliphatic carbocycles. The molecule has 0 atom stereocenters. The summed E-state index contributed by atoms with van der Waals surface area (Å²) in [6.07, 6.45) is 0. The molecule has 0 spiro atoms. The van der Waals surface area contributed by atoms with Crippen LogP contribution in [0.3, 0.4) is 0 Å². The fraction of sp³-hybridized carbons (Fsp3) is 0.235. The van der Waals surface area contributed by atoms with Crippen molar-refractivity contribution in [2.75, 3.05) is 7.05 Å². The van der Waals surface area contributed by atoms with Crippen LogP contribution in [-0.4, -0.2) is 13.0 Å². The highest BCUT2D eigenvalue weighted by atomic mass is 19.1. The Kier molecular flexibility index (Phi) is 5.32. The molecule has 2 rings (SSSR count). The Bertz CT molecular complexity index is 606. The Morgan fingerprint density at radius 2 is 1.67 bits per heavy atom. The lowest BCUT2D eigenvalue weighted by Gasteiger charge is -2.12. The maximum Gasteiger partial charge on any atom is 0.191 e. The van der Waals surface area contributed by atoms with E-state index in [1.54, 1.807) is 19.2 Å². The zero-order chi connectivity index (χ0) is 15.1. The van der Waals surface area contributed by atoms with E-state index in [0.29, 0.717) is 13.1 Å². The summed E-state index contributed by atoms with van der Waals surface area (Å²) in [5.74, 6) is 0.501. The van der Waals surface area contributed by atoms with E-state index in [0.717, 1.165) is 11.5 Å². The van der Waals surface area contributed by atoms with Crippen molar-refractivity contribution in [3.63, 3.8) is 0 Å². The molecule has 2 aromatic carbocycles. The molecule has 0 saturated carbocycles. The summed E-state index contributed by atoms with van der Waals surface area (Å²) in [7, 11) is 1.73. The number of aryl methyl sites for hydroxylation is 1. The number of rotatable bonds is 4. The van der Waals surface area contributed by atoms with E-state index in [9.17, 15) is 4.39 Å². The first kappa shape index (κ1) is 15.0. The van der Waals surface area contributed by atoms with E-state index >= 15 is 0 Å². The second-order valence-electron chi connectivity index (χ2n) is 4.89. The van der Waals surface area contributed by atoms with E-state index in [1.165, 1.54) is 23.3 Å². The molecule has 0 amide bonds. The molecular weight excluding hydrogens is 265 g/mol. The van der Waals surface area contributed by atoms with Crippen molar-refractivity contribution in [2.45, 2.75) is 20.0 Å². The molecule has 0 aromatic heterocycles. The van der Waals surface area contributed by atoms with Crippen LogP contribution in [0.15, 0.2) is 53.5 Å². The van der Waals surface area contributed by atoms with Crippen LogP contribution in [0.4, 0.5) is 4.39 Å². The number of nitrogens with zero attached hydrogens (tertiary/aromatic N) is 1. The fourth-order valence-electron chi connectivity index (χ4n) is 2.02. The van der Waals surface area contributed by atoms with Gasteiger partial charge in [-0.05, 0) is 30.2 Å². The average molecular weight is 285 g/mol. The van der Waals surface area contributed by atoms with Crippen molar-refractivity contribution >= 4 is 5.96 Å². The molecular formula is C17H20FN3. The highest BCUT2D eigenvalue weighted by Crippen LogP contribution is 2.04. The lowest BCUT2D eigenvalue weighted by Crippen LogP contribution is -2.36. The summed E-state index contributed by atoms with van der Waals surface area (Å²) in [4.78, 5) is 4.18. The van der Waals surface area contributed by atoms with Gasteiger partial charge in [0.15, 0.2) is 5.96 Å². The van der Waals surface area contributed by atoms with Crippen LogP contribution in [0.2, 0.25) is 0 Å². The van der Waals surface area contributed by atoms with Gasteiger partial charge in [-0.2, -0.15) is 0 Å². The van der Waals surface area contributed by atoms with Crippen molar-refractivity contribution < 1.29 is 4.39 Å². The molecule has 0 heterocycles. The third-order valence-corrected chi connectivity index (χ3v) is 3.14. The van der Waals surface area contributed by atoms with Gasteiger partial charge in [0.05, 0.1) is 0 Å². The van der Waals surface area contributed by atoms with Gasteiger partial charge >= 0.3 is 0 Å². The van der Waals surface area contributed by atoms with Crippen molar-refractivity contribution in [3.8, 4) is 0 Å². The van der Waals surface area contributed by atoms with E-state index in [-0.39, 0.29) is 5.82 Å². The molecule has 2 N–H and O–H groups in total. The number of benzene rings is 2. The fourth-order valence-corrected chi connectivity index (χ4v) is 2.02. The van der Waals surface area contributed by atoms with Gasteiger partial charge in [0.2, 0.25) is 0 Å². The number of hydrogen-bond donors (Lipinski definition) is 2. The number of aliphatic imine (C=N–C) groups is 1. The smallest absolute Gasteiger partial charge is 0.191 e. The predicted octanol–water partition coefficient (Wildman–Crippen LogP) is 3.00. The Morgan fingerprint density at radius 1 is 1.00 bits per heavy atom. The van der Waals surface area contributed by atoms with Gasteiger partial charge in [0.25, 0.3) is 0 Å². The minimum absolute atomic E-state index is 0.222. The minimum Gasteiger partial charge on any atom is -0.352 e. The molecule has 0 aliphatic heterocycles. The standard InChI is InChI=1S/C17H20FN3/c1-13-4-3-5-15(10-13)12-21-17(19-2)20-11-14-6-8-16(18)9-7-14/h3-10H,11-12H2,1-2H3,(H2,19,20,21). The quantitative estimate of drug-likeness (QED) is 0.669. The maximum absolute atomic E-state index is 12.8. The van der Waals surface area contributed by atoms with Crippen LogP contribution in [-0.2, 0) is 13.1 Å². The SMILES string of the molecule is CN=C(NCc1ccc(F)cc1)NCc1cccc(C)c1. The molecule has 0 saturated heterocycles. The van der Waals surface area contributed by atoms with Crippen molar-refractivity contribution in [1.29, 1.82) is 0 Å². The van der Waals surface area contributed by atoms with Gasteiger partial charge in [-0.1, -0.05) is 42.0 Å². The molecule has 110 valence electrons. The Labute approximate surface area is 124 Å². The summed E-state index contributed by atoms with van der Waals surface area (Å²) in [6, 6.07) is 14.8. The van der Waals surface area contributed by atoms with Crippen LogP contribution in [0, 0.1) is 12.7 Å². The second-order valence-corrected chi connectivity index (χ2v) is 4.89. The van der Waals surface area contributed by atoms with Crippen LogP contribution in [0.25, 0.3) is 0 Å². The molecule has 21 heavy (non-hydrogen) atoms. The summed E-state index contributed by atoms with van der Waals surface area (Å²) in [5.41, 5.74) is 3.46. The average Bonchev–Trinajstić information content (AvgIpc) is 2.49. The summed E-state index contributed by atoms with van der Waals surface area (Å²) in [6.45, 7) is 3.39. The number of nitrogens with one attached hydrogen (secondary N) is 2. The number of hydrogen-bond acceptors (Lipinski definition) is 1. The highest BCUT2D eigenvalue weighted by molar-refractivity contribution is 5.79. The van der Waals surface area contributed by atoms with Crippen molar-refractivity contribution in [2.24, 2.45) is 4.99 Å². The van der Waals surface area contributed by atoms with Gasteiger partial charge in [0.1, 0.15) is 5.82 Å². The Morgan fingerprint density at radius 3 is 2.29 bits per heavy atom. The third-order valence-electron chi connectivity index (χ3n) is 3.14. The summed E-state index contributed by atoms with van der Waals surface area (Å²) >= 11 is 0. The first-order valence-corrected chi connectivity index (χ1v) is 6.92. The van der Waals surface area contributed by atoms with Gasteiger partial charge in [-0.15, -0.1) is 0 Å². The minimum atomic E-state index is -0.222. The Balaban J connectivity index is 1.85. The van der Waals surface area contributed by atoms with Crippen LogP contribution >= 0.6 is 0 Å². The topological polar surface area (TPSA) is 36.4 Å². The third kappa shape index (κ3) is 4.91. The predicted molar refractivity (Wildman–Crippen MR) is 84.6 cm³/mol. The summed E-state index contributed by atoms with van der Waals surface area (Å²) < 4.78 is 12.8. The first-order valence-electron chi connectivity index (χ1n) is 6.92. The first-order chi connectivity index (χ1) is 10.2. The zero-order valence-electron chi connectivity index (χ0n) is 12.4. The van der Waals surface area contributed by atoms with Crippen LogP contribution in [0.5, 0.6) is 0 Å². The molecule has 0 unspecified atom stereocenters. The number of halogens is 1. The zero-order valence-corrected chi connectivity index (χ0v) is 12.4. The second kappa shape index (κ2) is 7.43. The lowest BCUT2D eigenvalue weighted by molar-refractivity contribution is 0.626. The monoisotopic (exact) mass is 285 g/mol. The Hall–Kier alpha value is -2.36. The molecule has 4 heteroatoms. The highest BCUT2D eigenvalue weighted by Gasteiger charge is 1.99. The van der Waals surface area contributed by atoms with Crippen molar-refractivity contribution in [1.82, 2.24) is 10.6 Å². The van der Waals surface area contributed by atoms with E-state index in [2.05, 4.69) is 40.7 Å². The van der Waals surface area contributed by atoms with Crippen LogP contribution < -0.4 is 10.6 Å². The molecule has 3 nitrogen and oxygen atoms in total.